The number of nitrogens with zero attached hydrogens (tertiary/aromatic N) is 3. The van der Waals surface area contributed by atoms with E-state index in [2.05, 4.69) is 18.7 Å². The SMILES string of the molecule is CC[C@H]1C(=O)OCc2c1cc1n(c2=O)Cc2c-1nc1cc(F)c(C)c3c1c2C(N(CC)CC)CC3. The van der Waals surface area contributed by atoms with Crippen LogP contribution in [0.4, 0.5) is 4.39 Å². The number of rotatable bonds is 4. The predicted octanol–water partition coefficient (Wildman–Crippen LogP) is 4.75. The number of fused-ring (bicyclic) bond motifs is 5. The summed E-state index contributed by atoms with van der Waals surface area (Å²) in [7, 11) is 0. The van der Waals surface area contributed by atoms with E-state index >= 15 is 0 Å². The number of aryl methyl sites for hydroxylation is 1. The molecule has 1 aromatic carbocycles. The number of hydrogen-bond donors (Lipinski definition) is 0. The minimum absolute atomic E-state index is 0.0129. The lowest BCUT2D eigenvalue weighted by molar-refractivity contribution is -0.148. The van der Waals surface area contributed by atoms with Gasteiger partial charge in [0.05, 0.1) is 34.9 Å². The highest BCUT2D eigenvalue weighted by molar-refractivity contribution is 5.93. The third-order valence-electron chi connectivity index (χ3n) is 8.42. The fourth-order valence-electron chi connectivity index (χ4n) is 6.58. The molecule has 2 atom stereocenters. The van der Waals surface area contributed by atoms with E-state index in [1.54, 1.807) is 10.6 Å². The minimum atomic E-state index is -0.449. The van der Waals surface area contributed by atoms with Gasteiger partial charge in [-0.05, 0) is 67.6 Å². The molecule has 1 aliphatic carbocycles. The van der Waals surface area contributed by atoms with Crippen molar-refractivity contribution in [3.63, 3.8) is 0 Å². The third-order valence-corrected chi connectivity index (χ3v) is 8.42. The lowest BCUT2D eigenvalue weighted by atomic mass is 9.81. The average molecular weight is 476 g/mol. The molecule has 2 aromatic heterocycles. The molecule has 2 aliphatic heterocycles. The quantitative estimate of drug-likeness (QED) is 0.399. The van der Waals surface area contributed by atoms with E-state index in [0.29, 0.717) is 29.6 Å². The number of aromatic nitrogens is 2. The van der Waals surface area contributed by atoms with Crippen molar-refractivity contribution in [1.82, 2.24) is 14.5 Å². The van der Waals surface area contributed by atoms with E-state index in [0.717, 1.165) is 59.4 Å². The zero-order valence-electron chi connectivity index (χ0n) is 20.7. The van der Waals surface area contributed by atoms with Crippen molar-refractivity contribution < 1.29 is 13.9 Å². The van der Waals surface area contributed by atoms with Gasteiger partial charge in [-0.25, -0.2) is 9.37 Å². The number of esters is 1. The van der Waals surface area contributed by atoms with Crippen LogP contribution in [0.5, 0.6) is 0 Å². The molecule has 182 valence electrons. The average Bonchev–Trinajstić information content (AvgIpc) is 3.22. The van der Waals surface area contributed by atoms with Crippen LogP contribution >= 0.6 is 0 Å². The summed E-state index contributed by atoms with van der Waals surface area (Å²) in [5.74, 6) is -0.968. The second kappa shape index (κ2) is 7.98. The van der Waals surface area contributed by atoms with Gasteiger partial charge in [0.15, 0.2) is 0 Å². The van der Waals surface area contributed by atoms with E-state index in [1.165, 1.54) is 5.56 Å². The normalized spacial score (nSPS) is 20.1. The molecule has 0 saturated heterocycles. The van der Waals surface area contributed by atoms with Crippen LogP contribution in [-0.4, -0.2) is 33.5 Å². The molecule has 0 amide bonds. The fourth-order valence-corrected chi connectivity index (χ4v) is 6.58. The van der Waals surface area contributed by atoms with E-state index in [1.807, 2.05) is 19.9 Å². The summed E-state index contributed by atoms with van der Waals surface area (Å²) in [6.07, 6.45) is 2.29. The second-order valence-corrected chi connectivity index (χ2v) is 9.91. The van der Waals surface area contributed by atoms with Crippen molar-refractivity contribution in [2.24, 2.45) is 0 Å². The van der Waals surface area contributed by atoms with Gasteiger partial charge >= 0.3 is 5.97 Å². The monoisotopic (exact) mass is 475 g/mol. The Labute approximate surface area is 203 Å². The molecule has 0 saturated carbocycles. The maximum absolute atomic E-state index is 15.0. The molecule has 0 spiro atoms. The maximum Gasteiger partial charge on any atom is 0.313 e. The lowest BCUT2D eigenvalue weighted by Crippen LogP contribution is -2.33. The Kier molecular flexibility index (Phi) is 5.11. The van der Waals surface area contributed by atoms with E-state index < -0.39 is 5.92 Å². The van der Waals surface area contributed by atoms with E-state index in [4.69, 9.17) is 9.72 Å². The van der Waals surface area contributed by atoms with Gasteiger partial charge in [-0.3, -0.25) is 14.5 Å². The Hall–Kier alpha value is -3.06. The van der Waals surface area contributed by atoms with E-state index in [9.17, 15) is 14.0 Å². The molecule has 35 heavy (non-hydrogen) atoms. The number of ether oxygens (including phenoxy) is 1. The van der Waals surface area contributed by atoms with Crippen molar-refractivity contribution >= 4 is 16.9 Å². The Balaban J connectivity index is 1.67. The van der Waals surface area contributed by atoms with Crippen LogP contribution in [0.25, 0.3) is 22.3 Å². The molecule has 4 heterocycles. The highest BCUT2D eigenvalue weighted by Gasteiger charge is 2.38. The van der Waals surface area contributed by atoms with Crippen molar-refractivity contribution in [1.29, 1.82) is 0 Å². The Morgan fingerprint density at radius 2 is 1.91 bits per heavy atom. The zero-order chi connectivity index (χ0) is 24.6. The number of carbonyl (C=O) groups is 1. The van der Waals surface area contributed by atoms with Crippen molar-refractivity contribution in [2.75, 3.05) is 13.1 Å². The number of pyridine rings is 2. The molecule has 0 radical (unpaired) electrons. The van der Waals surface area contributed by atoms with Crippen LogP contribution in [0.3, 0.4) is 0 Å². The summed E-state index contributed by atoms with van der Waals surface area (Å²) < 4.78 is 22.1. The van der Waals surface area contributed by atoms with Crippen LogP contribution in [0.15, 0.2) is 16.9 Å². The summed E-state index contributed by atoms with van der Waals surface area (Å²) >= 11 is 0. The fraction of sp³-hybridized carbons (Fsp3) is 0.464. The topological polar surface area (TPSA) is 64.4 Å². The van der Waals surface area contributed by atoms with E-state index in [-0.39, 0.29) is 30.0 Å². The summed E-state index contributed by atoms with van der Waals surface area (Å²) in [5.41, 5.74) is 7.31. The molecular formula is C28H30FN3O3. The second-order valence-electron chi connectivity index (χ2n) is 9.91. The molecule has 3 aliphatic rings. The molecule has 1 unspecified atom stereocenters. The third kappa shape index (κ3) is 3.00. The largest absolute Gasteiger partial charge is 0.460 e. The van der Waals surface area contributed by atoms with Gasteiger partial charge in [0.25, 0.3) is 5.56 Å². The maximum atomic E-state index is 15.0. The van der Waals surface area contributed by atoms with Gasteiger partial charge in [-0.1, -0.05) is 20.8 Å². The number of carbonyl (C=O) groups excluding carboxylic acids is 1. The van der Waals surface area contributed by atoms with Gasteiger partial charge in [0, 0.05) is 23.1 Å². The molecule has 6 nitrogen and oxygen atoms in total. The highest BCUT2D eigenvalue weighted by atomic mass is 19.1. The Bertz CT molecular complexity index is 1470. The molecule has 7 heteroatoms. The van der Waals surface area contributed by atoms with Crippen LogP contribution in [0, 0.1) is 12.7 Å². The van der Waals surface area contributed by atoms with Crippen LogP contribution in [0.1, 0.15) is 79.0 Å². The van der Waals surface area contributed by atoms with Crippen LogP contribution < -0.4 is 5.56 Å². The summed E-state index contributed by atoms with van der Waals surface area (Å²) in [4.78, 5) is 33.5. The van der Waals surface area contributed by atoms with Gasteiger partial charge < -0.3 is 9.30 Å². The lowest BCUT2D eigenvalue weighted by Gasteiger charge is -2.36. The van der Waals surface area contributed by atoms with Crippen LogP contribution in [-0.2, 0) is 29.1 Å². The van der Waals surface area contributed by atoms with Crippen molar-refractivity contribution in [2.45, 2.75) is 72.1 Å². The van der Waals surface area contributed by atoms with Gasteiger partial charge in [0.1, 0.15) is 12.4 Å². The van der Waals surface area contributed by atoms with Gasteiger partial charge in [-0.15, -0.1) is 0 Å². The number of cyclic esters (lactones) is 1. The zero-order valence-corrected chi connectivity index (χ0v) is 20.7. The smallest absolute Gasteiger partial charge is 0.313 e. The minimum Gasteiger partial charge on any atom is -0.460 e. The number of benzene rings is 1. The number of halogens is 1. The summed E-state index contributed by atoms with van der Waals surface area (Å²) in [6.45, 7) is 10.4. The summed E-state index contributed by atoms with van der Waals surface area (Å²) in [6, 6.07) is 3.70. The molecule has 6 rings (SSSR count). The molecular weight excluding hydrogens is 445 g/mol. The molecule has 3 aromatic rings. The van der Waals surface area contributed by atoms with Crippen LogP contribution in [0.2, 0.25) is 0 Å². The summed E-state index contributed by atoms with van der Waals surface area (Å²) in [5, 5.41) is 1.06. The first-order valence-corrected chi connectivity index (χ1v) is 12.7. The first-order chi connectivity index (χ1) is 16.9. The van der Waals surface area contributed by atoms with Gasteiger partial charge in [0.2, 0.25) is 0 Å². The Morgan fingerprint density at radius 3 is 2.63 bits per heavy atom. The predicted molar refractivity (Wildman–Crippen MR) is 132 cm³/mol. The highest BCUT2D eigenvalue weighted by Crippen LogP contribution is 2.47. The standard InChI is InChI=1S/C28H30FN3O3/c1-5-15-17-10-23-26-18(12-32(23)27(33)19(17)13-35-28(15)34)25-22(31(6-2)7-3)9-8-16-14(4)20(29)11-21(30-26)24(16)25/h10-11,15,22H,5-9,12-13H2,1-4H3/t15-,22?/m1/s1. The van der Waals surface area contributed by atoms with Gasteiger partial charge in [-0.2, -0.15) is 0 Å². The van der Waals surface area contributed by atoms with Crippen molar-refractivity contribution in [3.8, 4) is 11.4 Å². The molecule has 0 N–H and O–H groups in total. The first kappa shape index (κ1) is 22.4. The number of hydrogen-bond acceptors (Lipinski definition) is 5. The molecule has 0 bridgehead atoms. The first-order valence-electron chi connectivity index (χ1n) is 12.7. The molecule has 0 fully saturated rings. The van der Waals surface area contributed by atoms with Crippen molar-refractivity contribution in [3.05, 3.63) is 61.7 Å². The Morgan fingerprint density at radius 1 is 1.14 bits per heavy atom.